The summed E-state index contributed by atoms with van der Waals surface area (Å²) in [5.74, 6) is -1.74. The van der Waals surface area contributed by atoms with E-state index in [0.717, 1.165) is 30.5 Å². The van der Waals surface area contributed by atoms with Gasteiger partial charge in [0.25, 0.3) is 5.91 Å². The summed E-state index contributed by atoms with van der Waals surface area (Å²) in [7, 11) is 0. The highest BCUT2D eigenvalue weighted by atomic mass is 79.9. The first-order valence-electron chi connectivity index (χ1n) is 8.11. The average Bonchev–Trinajstić information content (AvgIpc) is 3.14. The molecule has 1 amide bonds. The fourth-order valence-corrected chi connectivity index (χ4v) is 2.45. The van der Waals surface area contributed by atoms with Crippen LogP contribution >= 0.6 is 15.9 Å². The molecule has 9 nitrogen and oxygen atoms in total. The number of rotatable bonds is 7. The quantitative estimate of drug-likeness (QED) is 0.277. The molecule has 3 aromatic rings. The minimum atomic E-state index is -4.84. The van der Waals surface area contributed by atoms with Crippen molar-refractivity contribution in [2.45, 2.75) is 6.36 Å². The van der Waals surface area contributed by atoms with Crippen molar-refractivity contribution >= 4 is 39.6 Å². The molecule has 14 heteroatoms. The van der Waals surface area contributed by atoms with Crippen molar-refractivity contribution in [3.63, 3.8) is 0 Å². The lowest BCUT2D eigenvalue weighted by Gasteiger charge is -2.09. The highest BCUT2D eigenvalue weighted by Crippen LogP contribution is 2.23. The minimum absolute atomic E-state index is 0.00698. The van der Waals surface area contributed by atoms with Crippen LogP contribution in [0.25, 0.3) is 0 Å². The van der Waals surface area contributed by atoms with Crippen molar-refractivity contribution in [3.05, 3.63) is 64.0 Å². The van der Waals surface area contributed by atoms with Gasteiger partial charge in [-0.05, 0) is 68.7 Å². The molecular formula is C17H10BrF4N5O4. The van der Waals surface area contributed by atoms with Crippen LogP contribution < -0.4 is 15.5 Å². The Hall–Kier alpha value is -3.68. The second-order valence-electron chi connectivity index (χ2n) is 5.58. The number of carbonyl (C=O) groups excluding carboxylic acids is 1. The molecule has 1 heterocycles. The number of nitrogens with one attached hydrogen (secondary N) is 2. The Morgan fingerprint density at radius 2 is 1.90 bits per heavy atom. The summed E-state index contributed by atoms with van der Waals surface area (Å²) in [4.78, 5) is 17.1. The smallest absolute Gasteiger partial charge is 0.406 e. The van der Waals surface area contributed by atoms with E-state index in [1.807, 2.05) is 0 Å². The van der Waals surface area contributed by atoms with Gasteiger partial charge in [0.05, 0.1) is 10.2 Å². The zero-order chi connectivity index (χ0) is 22.4. The van der Waals surface area contributed by atoms with Gasteiger partial charge in [-0.25, -0.2) is 9.02 Å². The summed E-state index contributed by atoms with van der Waals surface area (Å²) in [6.07, 6.45) is -3.77. The fourth-order valence-electron chi connectivity index (χ4n) is 2.07. The lowest BCUT2D eigenvalue weighted by Crippen LogP contribution is -2.17. The summed E-state index contributed by atoms with van der Waals surface area (Å²) < 4.78 is 58.2. The van der Waals surface area contributed by atoms with E-state index in [1.54, 1.807) is 0 Å². The van der Waals surface area contributed by atoms with Crippen LogP contribution in [0.1, 0.15) is 16.1 Å². The van der Waals surface area contributed by atoms with Crippen LogP contribution in [0, 0.1) is 5.82 Å². The number of nitrogens with zero attached hydrogens (tertiary/aromatic N) is 3. The standard InChI is InChI=1S/C17H10BrF4N5O4/c18-12-7-10(3-6-13(12)19)25-30-23-8-14-15(27-31-26-14)24-16(28)9-1-4-11(5-2-9)29-17(20,21)22/h1-8,25H,(H,24,27,28)/b23-8+. The first-order chi connectivity index (χ1) is 14.7. The highest BCUT2D eigenvalue weighted by molar-refractivity contribution is 9.10. The molecule has 31 heavy (non-hydrogen) atoms. The number of amides is 1. The summed E-state index contributed by atoms with van der Waals surface area (Å²) in [5.41, 5.74) is 2.85. The van der Waals surface area contributed by atoms with Gasteiger partial charge in [0, 0.05) is 5.56 Å². The number of ether oxygens (including phenoxy) is 1. The van der Waals surface area contributed by atoms with Gasteiger partial charge >= 0.3 is 6.36 Å². The van der Waals surface area contributed by atoms with Gasteiger partial charge in [0.1, 0.15) is 17.8 Å². The number of benzene rings is 2. The molecule has 0 fully saturated rings. The first-order valence-corrected chi connectivity index (χ1v) is 8.91. The summed E-state index contributed by atoms with van der Waals surface area (Å²) in [6.45, 7) is 0. The van der Waals surface area contributed by atoms with Crippen molar-refractivity contribution in [3.8, 4) is 5.75 Å². The van der Waals surface area contributed by atoms with E-state index in [-0.39, 0.29) is 21.5 Å². The Kier molecular flexibility index (Phi) is 6.69. The predicted molar refractivity (Wildman–Crippen MR) is 102 cm³/mol. The van der Waals surface area contributed by atoms with Gasteiger partial charge in [-0.3, -0.25) is 9.73 Å². The topological polar surface area (TPSA) is 111 Å². The minimum Gasteiger partial charge on any atom is -0.406 e. The predicted octanol–water partition coefficient (Wildman–Crippen LogP) is 4.50. The van der Waals surface area contributed by atoms with Crippen molar-refractivity contribution in [1.29, 1.82) is 0 Å². The first kappa shape index (κ1) is 22.0. The van der Waals surface area contributed by atoms with E-state index in [9.17, 15) is 22.4 Å². The van der Waals surface area contributed by atoms with Crippen molar-refractivity contribution in [2.75, 3.05) is 10.8 Å². The maximum atomic E-state index is 13.2. The zero-order valence-corrected chi connectivity index (χ0v) is 16.6. The molecular weight excluding hydrogens is 494 g/mol. The number of halogens is 5. The molecule has 0 saturated carbocycles. The molecule has 0 unspecified atom stereocenters. The van der Waals surface area contributed by atoms with Gasteiger partial charge in [-0.1, -0.05) is 5.16 Å². The molecule has 0 aliphatic carbocycles. The maximum Gasteiger partial charge on any atom is 0.573 e. The Morgan fingerprint density at radius 3 is 2.58 bits per heavy atom. The van der Waals surface area contributed by atoms with E-state index in [1.165, 1.54) is 18.2 Å². The number of aromatic nitrogens is 2. The third kappa shape index (κ3) is 6.40. The second kappa shape index (κ2) is 9.42. The van der Waals surface area contributed by atoms with Crippen LogP contribution in [-0.2, 0) is 4.94 Å². The molecule has 162 valence electrons. The van der Waals surface area contributed by atoms with E-state index in [0.29, 0.717) is 5.69 Å². The van der Waals surface area contributed by atoms with E-state index in [4.69, 9.17) is 4.94 Å². The maximum absolute atomic E-state index is 13.2. The SMILES string of the molecule is O=C(Nc1nonc1/C=N/ONc1ccc(F)c(Br)c1)c1ccc(OC(F)(F)F)cc1. The van der Waals surface area contributed by atoms with Gasteiger partial charge < -0.3 is 10.1 Å². The Balaban J connectivity index is 1.57. The molecule has 2 N–H and O–H groups in total. The largest absolute Gasteiger partial charge is 0.573 e. The molecule has 0 bridgehead atoms. The number of hydrogen-bond donors (Lipinski definition) is 2. The summed E-state index contributed by atoms with van der Waals surface area (Å²) >= 11 is 3.02. The van der Waals surface area contributed by atoms with Crippen LogP contribution in [0.5, 0.6) is 5.75 Å². The van der Waals surface area contributed by atoms with Crippen LogP contribution in [0.4, 0.5) is 29.1 Å². The van der Waals surface area contributed by atoms with Gasteiger partial charge in [-0.2, -0.15) is 5.48 Å². The monoisotopic (exact) mass is 503 g/mol. The van der Waals surface area contributed by atoms with Gasteiger partial charge in [0.15, 0.2) is 5.69 Å². The van der Waals surface area contributed by atoms with E-state index in [2.05, 4.69) is 51.6 Å². The highest BCUT2D eigenvalue weighted by Gasteiger charge is 2.31. The van der Waals surface area contributed by atoms with E-state index < -0.39 is 23.8 Å². The second-order valence-corrected chi connectivity index (χ2v) is 6.44. The van der Waals surface area contributed by atoms with Crippen LogP contribution in [-0.4, -0.2) is 28.8 Å². The molecule has 1 aromatic heterocycles. The number of anilines is 2. The molecule has 0 aliphatic heterocycles. The fraction of sp³-hybridized carbons (Fsp3) is 0.0588. The van der Waals surface area contributed by atoms with Gasteiger partial charge in [-0.15, -0.1) is 13.2 Å². The normalized spacial score (nSPS) is 11.4. The molecule has 0 saturated heterocycles. The van der Waals surface area contributed by atoms with Crippen molar-refractivity contribution < 1.29 is 36.7 Å². The Labute approximate surface area is 179 Å². The van der Waals surface area contributed by atoms with Crippen molar-refractivity contribution in [2.24, 2.45) is 5.16 Å². The molecule has 3 rings (SSSR count). The van der Waals surface area contributed by atoms with Crippen LogP contribution in [0.3, 0.4) is 0 Å². The summed E-state index contributed by atoms with van der Waals surface area (Å²) in [5, 5.41) is 13.0. The van der Waals surface area contributed by atoms with Gasteiger partial charge in [0.2, 0.25) is 5.82 Å². The number of alkyl halides is 3. The van der Waals surface area contributed by atoms with Crippen molar-refractivity contribution in [1.82, 2.24) is 10.3 Å². The molecule has 0 spiro atoms. The van der Waals surface area contributed by atoms with Crippen LogP contribution in [0.15, 0.2) is 56.7 Å². The third-order valence-electron chi connectivity index (χ3n) is 3.41. The molecule has 0 radical (unpaired) electrons. The lowest BCUT2D eigenvalue weighted by atomic mass is 10.2. The third-order valence-corrected chi connectivity index (χ3v) is 4.01. The Morgan fingerprint density at radius 1 is 1.16 bits per heavy atom. The van der Waals surface area contributed by atoms with E-state index >= 15 is 0 Å². The van der Waals surface area contributed by atoms with Crippen LogP contribution in [0.2, 0.25) is 0 Å². The molecule has 0 aliphatic rings. The molecule has 0 atom stereocenters. The Bertz CT molecular complexity index is 1090. The average molecular weight is 504 g/mol. The lowest BCUT2D eigenvalue weighted by molar-refractivity contribution is -0.274. The zero-order valence-electron chi connectivity index (χ0n) is 15.0. The number of oxime groups is 1. The summed E-state index contributed by atoms with van der Waals surface area (Å²) in [6, 6.07) is 8.26. The number of carbonyl (C=O) groups is 1. The molecule has 2 aromatic carbocycles. The number of hydrogen-bond acceptors (Lipinski definition) is 8.